The van der Waals surface area contributed by atoms with Crippen molar-refractivity contribution in [3.05, 3.63) is 48.2 Å². The smallest absolute Gasteiger partial charge is 0.143 e. The Morgan fingerprint density at radius 1 is 1.05 bits per heavy atom. The van der Waals surface area contributed by atoms with Gasteiger partial charge in [0.05, 0.1) is 0 Å². The lowest BCUT2D eigenvalue weighted by Gasteiger charge is -2.19. The molecule has 0 fully saturated rings. The molecule has 3 heterocycles. The second-order valence-electron chi connectivity index (χ2n) is 6.35. The van der Waals surface area contributed by atoms with Crippen LogP contribution in [0.5, 0.6) is 0 Å². The molecule has 0 aliphatic rings. The van der Waals surface area contributed by atoms with Crippen LogP contribution in [0.4, 0.5) is 0 Å². The Labute approximate surface area is 117 Å². The minimum Gasteiger partial charge on any atom is -0.339 e. The molecule has 0 bridgehead atoms. The lowest BCUT2D eigenvalue weighted by Crippen LogP contribution is -2.12. The fourth-order valence-corrected chi connectivity index (χ4v) is 2.89. The van der Waals surface area contributed by atoms with Gasteiger partial charge < -0.3 is 4.98 Å². The van der Waals surface area contributed by atoms with E-state index in [0.29, 0.717) is 0 Å². The number of aromatic nitrogens is 3. The van der Waals surface area contributed by atoms with Gasteiger partial charge >= 0.3 is 0 Å². The van der Waals surface area contributed by atoms with Crippen LogP contribution in [0.3, 0.4) is 0 Å². The fraction of sp³-hybridized carbons (Fsp3) is 0.235. The van der Waals surface area contributed by atoms with Crippen molar-refractivity contribution < 1.29 is 0 Å². The number of nitrogens with one attached hydrogen (secondary N) is 1. The van der Waals surface area contributed by atoms with E-state index in [0.717, 1.165) is 22.3 Å². The van der Waals surface area contributed by atoms with E-state index in [1.807, 2.05) is 6.07 Å². The van der Waals surface area contributed by atoms with Gasteiger partial charge in [-0.25, -0.2) is 4.98 Å². The maximum atomic E-state index is 4.90. The standard InChI is InChI=1S/C17H17N3/c1-17(2,3)12-8-6-10-20-15(12)19-14-11-7-4-5-9-13(11)18-16(14)20/h4-10,18H,1-3H3. The number of aromatic amines is 1. The van der Waals surface area contributed by atoms with Crippen LogP contribution in [0, 0.1) is 0 Å². The third-order valence-electron chi connectivity index (χ3n) is 3.89. The van der Waals surface area contributed by atoms with Crippen LogP contribution in [0.15, 0.2) is 42.6 Å². The highest BCUT2D eigenvalue weighted by molar-refractivity contribution is 6.05. The number of imidazole rings is 1. The van der Waals surface area contributed by atoms with Gasteiger partial charge in [-0.2, -0.15) is 0 Å². The van der Waals surface area contributed by atoms with Crippen LogP contribution in [0.1, 0.15) is 26.3 Å². The van der Waals surface area contributed by atoms with Crippen molar-refractivity contribution in [2.24, 2.45) is 0 Å². The summed E-state index contributed by atoms with van der Waals surface area (Å²) >= 11 is 0. The Morgan fingerprint density at radius 2 is 1.85 bits per heavy atom. The van der Waals surface area contributed by atoms with Crippen LogP contribution in [-0.2, 0) is 5.41 Å². The first-order valence-electron chi connectivity index (χ1n) is 6.94. The van der Waals surface area contributed by atoms with E-state index < -0.39 is 0 Å². The Hall–Kier alpha value is -2.29. The maximum Gasteiger partial charge on any atom is 0.143 e. The van der Waals surface area contributed by atoms with E-state index >= 15 is 0 Å². The molecule has 100 valence electrons. The summed E-state index contributed by atoms with van der Waals surface area (Å²) in [5, 5.41) is 1.19. The van der Waals surface area contributed by atoms with Crippen molar-refractivity contribution >= 4 is 27.7 Å². The number of hydrogen-bond acceptors (Lipinski definition) is 1. The SMILES string of the molecule is CC(C)(C)c1cccn2c1nc1c3ccccc3[nH]c12. The molecular weight excluding hydrogens is 246 g/mol. The van der Waals surface area contributed by atoms with Crippen molar-refractivity contribution in [3.8, 4) is 0 Å². The minimum atomic E-state index is 0.0844. The maximum absolute atomic E-state index is 4.90. The number of pyridine rings is 1. The van der Waals surface area contributed by atoms with Gasteiger partial charge in [-0.05, 0) is 17.5 Å². The van der Waals surface area contributed by atoms with Gasteiger partial charge in [0.2, 0.25) is 0 Å². The Balaban J connectivity index is 2.20. The van der Waals surface area contributed by atoms with Crippen LogP contribution in [-0.4, -0.2) is 14.4 Å². The molecule has 0 spiro atoms. The first-order valence-corrected chi connectivity index (χ1v) is 6.94. The van der Waals surface area contributed by atoms with E-state index in [1.165, 1.54) is 10.9 Å². The molecule has 3 heteroatoms. The van der Waals surface area contributed by atoms with E-state index in [1.54, 1.807) is 0 Å². The van der Waals surface area contributed by atoms with Crippen LogP contribution in [0.25, 0.3) is 27.7 Å². The van der Waals surface area contributed by atoms with Gasteiger partial charge in [0.25, 0.3) is 0 Å². The van der Waals surface area contributed by atoms with E-state index in [4.69, 9.17) is 4.98 Å². The van der Waals surface area contributed by atoms with Gasteiger partial charge in [-0.1, -0.05) is 45.0 Å². The van der Waals surface area contributed by atoms with Crippen LogP contribution < -0.4 is 0 Å². The lowest BCUT2D eigenvalue weighted by molar-refractivity contribution is 0.592. The topological polar surface area (TPSA) is 33.1 Å². The first-order chi connectivity index (χ1) is 9.55. The second kappa shape index (κ2) is 3.63. The number of hydrogen-bond donors (Lipinski definition) is 1. The van der Waals surface area contributed by atoms with Crippen molar-refractivity contribution in [3.63, 3.8) is 0 Å². The summed E-state index contributed by atoms with van der Waals surface area (Å²) in [6, 6.07) is 12.6. The summed E-state index contributed by atoms with van der Waals surface area (Å²) in [4.78, 5) is 8.38. The zero-order valence-electron chi connectivity index (χ0n) is 11.9. The highest BCUT2D eigenvalue weighted by Crippen LogP contribution is 2.31. The number of rotatable bonds is 0. The summed E-state index contributed by atoms with van der Waals surface area (Å²) in [5.41, 5.74) is 5.67. The van der Waals surface area contributed by atoms with Crippen molar-refractivity contribution in [1.82, 2.24) is 14.4 Å². The van der Waals surface area contributed by atoms with Crippen molar-refractivity contribution in [2.45, 2.75) is 26.2 Å². The average molecular weight is 263 g/mol. The van der Waals surface area contributed by atoms with Crippen molar-refractivity contribution in [2.75, 3.05) is 0 Å². The van der Waals surface area contributed by atoms with E-state index in [9.17, 15) is 0 Å². The number of H-pyrrole nitrogens is 1. The normalized spacial score (nSPS) is 12.8. The summed E-state index contributed by atoms with van der Waals surface area (Å²) in [7, 11) is 0. The quantitative estimate of drug-likeness (QED) is 0.505. The van der Waals surface area contributed by atoms with Gasteiger partial charge in [-0.15, -0.1) is 0 Å². The summed E-state index contributed by atoms with van der Waals surface area (Å²) < 4.78 is 2.16. The largest absolute Gasteiger partial charge is 0.339 e. The van der Waals surface area contributed by atoms with Crippen molar-refractivity contribution in [1.29, 1.82) is 0 Å². The molecule has 3 nitrogen and oxygen atoms in total. The fourth-order valence-electron chi connectivity index (χ4n) is 2.89. The van der Waals surface area contributed by atoms with Gasteiger partial charge in [0.1, 0.15) is 16.8 Å². The number of nitrogens with zero attached hydrogens (tertiary/aromatic N) is 2. The Kier molecular flexibility index (Phi) is 2.09. The van der Waals surface area contributed by atoms with E-state index in [-0.39, 0.29) is 5.41 Å². The zero-order chi connectivity index (χ0) is 13.9. The highest BCUT2D eigenvalue weighted by Gasteiger charge is 2.20. The molecule has 0 unspecified atom stereocenters. The third kappa shape index (κ3) is 1.43. The van der Waals surface area contributed by atoms with Gasteiger partial charge in [0.15, 0.2) is 0 Å². The summed E-state index contributed by atoms with van der Waals surface area (Å²) in [5.74, 6) is 0. The molecule has 3 aromatic heterocycles. The molecule has 0 aliphatic carbocycles. The Morgan fingerprint density at radius 3 is 2.65 bits per heavy atom. The number of para-hydroxylation sites is 1. The molecule has 0 atom stereocenters. The molecule has 0 saturated carbocycles. The minimum absolute atomic E-state index is 0.0844. The van der Waals surface area contributed by atoms with Crippen LogP contribution >= 0.6 is 0 Å². The molecule has 20 heavy (non-hydrogen) atoms. The second-order valence-corrected chi connectivity index (χ2v) is 6.35. The highest BCUT2D eigenvalue weighted by atomic mass is 15.1. The third-order valence-corrected chi connectivity index (χ3v) is 3.89. The summed E-state index contributed by atoms with van der Waals surface area (Å²) in [6.45, 7) is 6.68. The molecule has 1 N–H and O–H groups in total. The Bertz CT molecular complexity index is 935. The number of benzene rings is 1. The molecule has 4 aromatic rings. The molecule has 0 radical (unpaired) electrons. The lowest BCUT2D eigenvalue weighted by atomic mass is 9.88. The molecule has 0 saturated heterocycles. The zero-order valence-corrected chi connectivity index (χ0v) is 11.9. The van der Waals surface area contributed by atoms with Gasteiger partial charge in [0, 0.05) is 22.7 Å². The average Bonchev–Trinajstić information content (AvgIpc) is 2.93. The first kappa shape index (κ1) is 11.5. The predicted octanol–water partition coefficient (Wildman–Crippen LogP) is 4.27. The monoisotopic (exact) mass is 263 g/mol. The molecular formula is C17H17N3. The molecule has 1 aromatic carbocycles. The molecule has 4 rings (SSSR count). The molecule has 0 amide bonds. The number of fused-ring (bicyclic) bond motifs is 5. The van der Waals surface area contributed by atoms with E-state index in [2.05, 4.69) is 66.7 Å². The summed E-state index contributed by atoms with van der Waals surface area (Å²) in [6.07, 6.45) is 2.08. The molecule has 0 aliphatic heterocycles. The predicted molar refractivity (Wildman–Crippen MR) is 83.3 cm³/mol. The van der Waals surface area contributed by atoms with Crippen LogP contribution in [0.2, 0.25) is 0 Å². The van der Waals surface area contributed by atoms with Gasteiger partial charge in [-0.3, -0.25) is 4.40 Å².